The van der Waals surface area contributed by atoms with Gasteiger partial charge in [-0.3, -0.25) is 0 Å². The number of rotatable bonds is 1. The maximum absolute atomic E-state index is 13.0. The zero-order chi connectivity index (χ0) is 10.9. The summed E-state index contributed by atoms with van der Waals surface area (Å²) in [5, 5.41) is 0. The molecule has 76 valence electrons. The summed E-state index contributed by atoms with van der Waals surface area (Å²) in [4.78, 5) is 11.0. The summed E-state index contributed by atoms with van der Waals surface area (Å²) >= 11 is 1.40. The zero-order valence-corrected chi connectivity index (χ0v) is 9.06. The molecule has 2 nitrogen and oxygen atoms in total. The van der Waals surface area contributed by atoms with E-state index in [-0.39, 0.29) is 3.57 Å². The van der Waals surface area contributed by atoms with E-state index in [4.69, 9.17) is 0 Å². The third-order valence-electron chi connectivity index (χ3n) is 1.50. The Hall–Kier alpha value is -0.790. The Balaban J connectivity index is 3.47. The fraction of sp³-hybridized carbons (Fsp3) is 0.125. The molecule has 0 aromatic heterocycles. The molecule has 0 unspecified atom stereocenters. The van der Waals surface area contributed by atoms with E-state index in [1.165, 1.54) is 22.6 Å². The number of carbonyl (C=O) groups is 1. The van der Waals surface area contributed by atoms with Gasteiger partial charge in [0.2, 0.25) is 0 Å². The van der Waals surface area contributed by atoms with Crippen molar-refractivity contribution in [1.29, 1.82) is 0 Å². The van der Waals surface area contributed by atoms with E-state index in [0.717, 1.165) is 7.11 Å². The van der Waals surface area contributed by atoms with E-state index in [2.05, 4.69) is 4.74 Å². The van der Waals surface area contributed by atoms with Crippen molar-refractivity contribution >= 4 is 28.6 Å². The Morgan fingerprint density at radius 3 is 2.43 bits per heavy atom. The van der Waals surface area contributed by atoms with Crippen LogP contribution < -0.4 is 0 Å². The van der Waals surface area contributed by atoms with Crippen molar-refractivity contribution in [3.8, 4) is 0 Å². The number of hydrogen-bond donors (Lipinski definition) is 0. The minimum Gasteiger partial charge on any atom is -0.465 e. The molecule has 14 heavy (non-hydrogen) atoms. The Morgan fingerprint density at radius 1 is 1.36 bits per heavy atom. The molecular formula is C8H4F3IO2. The first-order valence-corrected chi connectivity index (χ1v) is 4.48. The average molecular weight is 316 g/mol. The predicted molar refractivity (Wildman–Crippen MR) is 50.4 cm³/mol. The molecule has 1 rings (SSSR count). The molecule has 1 aromatic rings. The van der Waals surface area contributed by atoms with Gasteiger partial charge in [-0.15, -0.1) is 0 Å². The maximum atomic E-state index is 13.0. The number of esters is 1. The molecule has 0 saturated carbocycles. The molecular weight excluding hydrogens is 312 g/mol. The van der Waals surface area contributed by atoms with E-state index in [1.807, 2.05) is 0 Å². The zero-order valence-electron chi connectivity index (χ0n) is 6.91. The van der Waals surface area contributed by atoms with Crippen LogP contribution in [0.25, 0.3) is 0 Å². The highest BCUT2D eigenvalue weighted by Gasteiger charge is 2.23. The highest BCUT2D eigenvalue weighted by Crippen LogP contribution is 2.22. The standard InChI is InChI=1S/C8H4F3IO2/c1-14-8(13)5-6(11)3(9)2-4(10)7(5)12/h2H,1H3. The first-order valence-electron chi connectivity index (χ1n) is 3.40. The number of methoxy groups -OCH3 is 1. The van der Waals surface area contributed by atoms with Crippen LogP contribution in [0.3, 0.4) is 0 Å². The summed E-state index contributed by atoms with van der Waals surface area (Å²) in [6, 6.07) is 0.379. The van der Waals surface area contributed by atoms with Gasteiger partial charge in [0.05, 0.1) is 10.7 Å². The normalized spacial score (nSPS) is 10.1. The van der Waals surface area contributed by atoms with Crippen LogP contribution in [-0.2, 0) is 4.74 Å². The summed E-state index contributed by atoms with van der Waals surface area (Å²) in [5.74, 6) is -4.92. The SMILES string of the molecule is COC(=O)c1c(F)c(F)cc(F)c1I. The number of ether oxygens (including phenoxy) is 1. The van der Waals surface area contributed by atoms with Crippen LogP contribution in [0.5, 0.6) is 0 Å². The molecule has 0 heterocycles. The molecule has 0 fully saturated rings. The van der Waals surface area contributed by atoms with Crippen LogP contribution in [0.2, 0.25) is 0 Å². The van der Waals surface area contributed by atoms with Crippen LogP contribution >= 0.6 is 22.6 Å². The van der Waals surface area contributed by atoms with E-state index < -0.39 is 29.0 Å². The maximum Gasteiger partial charge on any atom is 0.342 e. The second-order valence-electron chi connectivity index (χ2n) is 2.33. The van der Waals surface area contributed by atoms with E-state index in [0.29, 0.717) is 6.07 Å². The Bertz CT molecular complexity index is 366. The van der Waals surface area contributed by atoms with Crippen molar-refractivity contribution in [3.05, 3.63) is 32.7 Å². The molecule has 0 bridgehead atoms. The number of carbonyl (C=O) groups excluding carboxylic acids is 1. The second kappa shape index (κ2) is 4.16. The molecule has 0 radical (unpaired) electrons. The molecule has 0 atom stereocenters. The highest BCUT2D eigenvalue weighted by atomic mass is 127. The first-order chi connectivity index (χ1) is 6.49. The summed E-state index contributed by atoms with van der Waals surface area (Å²) < 4.78 is 42.5. The smallest absolute Gasteiger partial charge is 0.342 e. The molecule has 0 spiro atoms. The van der Waals surface area contributed by atoms with Gasteiger partial charge in [0.1, 0.15) is 11.4 Å². The van der Waals surface area contributed by atoms with Crippen LogP contribution in [0.4, 0.5) is 13.2 Å². The van der Waals surface area contributed by atoms with Crippen LogP contribution in [0.15, 0.2) is 6.07 Å². The fourth-order valence-corrected chi connectivity index (χ4v) is 1.47. The summed E-state index contributed by atoms with van der Waals surface area (Å²) in [7, 11) is 1.00. The lowest BCUT2D eigenvalue weighted by molar-refractivity contribution is 0.0592. The molecule has 0 aliphatic carbocycles. The third-order valence-corrected chi connectivity index (χ3v) is 2.56. The van der Waals surface area contributed by atoms with Crippen molar-refractivity contribution in [1.82, 2.24) is 0 Å². The lowest BCUT2D eigenvalue weighted by Crippen LogP contribution is -2.10. The third kappa shape index (κ3) is 1.84. The first kappa shape index (κ1) is 11.3. The van der Waals surface area contributed by atoms with Crippen molar-refractivity contribution < 1.29 is 22.7 Å². The molecule has 0 saturated heterocycles. The van der Waals surface area contributed by atoms with E-state index >= 15 is 0 Å². The van der Waals surface area contributed by atoms with Crippen LogP contribution in [-0.4, -0.2) is 13.1 Å². The van der Waals surface area contributed by atoms with Gasteiger partial charge < -0.3 is 4.74 Å². The average Bonchev–Trinajstić information content (AvgIpc) is 2.15. The van der Waals surface area contributed by atoms with Gasteiger partial charge in [0.25, 0.3) is 0 Å². The van der Waals surface area contributed by atoms with Gasteiger partial charge >= 0.3 is 5.97 Å². The Labute approximate surface area is 91.2 Å². The monoisotopic (exact) mass is 316 g/mol. The van der Waals surface area contributed by atoms with Crippen LogP contribution in [0.1, 0.15) is 10.4 Å². The number of benzene rings is 1. The highest BCUT2D eigenvalue weighted by molar-refractivity contribution is 14.1. The second-order valence-corrected chi connectivity index (χ2v) is 3.41. The Morgan fingerprint density at radius 2 is 1.93 bits per heavy atom. The lowest BCUT2D eigenvalue weighted by atomic mass is 10.2. The fourth-order valence-electron chi connectivity index (χ4n) is 0.854. The van der Waals surface area contributed by atoms with Crippen molar-refractivity contribution in [2.24, 2.45) is 0 Å². The molecule has 1 aromatic carbocycles. The molecule has 0 aliphatic rings. The summed E-state index contributed by atoms with van der Waals surface area (Å²) in [6.45, 7) is 0. The summed E-state index contributed by atoms with van der Waals surface area (Å²) in [6.07, 6.45) is 0. The van der Waals surface area contributed by atoms with Gasteiger partial charge in [-0.2, -0.15) is 0 Å². The van der Waals surface area contributed by atoms with Gasteiger partial charge in [-0.1, -0.05) is 0 Å². The number of hydrogen-bond acceptors (Lipinski definition) is 2. The van der Waals surface area contributed by atoms with E-state index in [9.17, 15) is 18.0 Å². The van der Waals surface area contributed by atoms with Gasteiger partial charge in [-0.05, 0) is 22.6 Å². The Kier molecular flexibility index (Phi) is 3.35. The largest absolute Gasteiger partial charge is 0.465 e. The predicted octanol–water partition coefficient (Wildman–Crippen LogP) is 2.50. The minimum absolute atomic E-state index is 0.298. The molecule has 0 aliphatic heterocycles. The molecule has 6 heteroatoms. The number of halogens is 4. The summed E-state index contributed by atoms with van der Waals surface area (Å²) in [5.41, 5.74) is -0.717. The minimum atomic E-state index is -1.41. The van der Waals surface area contributed by atoms with Crippen molar-refractivity contribution in [3.63, 3.8) is 0 Å². The van der Waals surface area contributed by atoms with E-state index in [1.54, 1.807) is 0 Å². The van der Waals surface area contributed by atoms with Gasteiger partial charge in [-0.25, -0.2) is 18.0 Å². The quantitative estimate of drug-likeness (QED) is 0.452. The van der Waals surface area contributed by atoms with Gasteiger partial charge in [0, 0.05) is 6.07 Å². The lowest BCUT2D eigenvalue weighted by Gasteiger charge is -2.05. The van der Waals surface area contributed by atoms with Crippen LogP contribution in [0, 0.1) is 21.0 Å². The van der Waals surface area contributed by atoms with Crippen molar-refractivity contribution in [2.75, 3.05) is 7.11 Å². The topological polar surface area (TPSA) is 26.3 Å². The van der Waals surface area contributed by atoms with Crippen molar-refractivity contribution in [2.45, 2.75) is 0 Å². The molecule has 0 N–H and O–H groups in total. The van der Waals surface area contributed by atoms with Gasteiger partial charge in [0.15, 0.2) is 11.6 Å². The molecule has 0 amide bonds.